The van der Waals surface area contributed by atoms with Gasteiger partial charge in [0.2, 0.25) is 5.91 Å². The van der Waals surface area contributed by atoms with Crippen molar-refractivity contribution in [1.29, 1.82) is 0 Å². The van der Waals surface area contributed by atoms with Gasteiger partial charge in [-0.2, -0.15) is 5.10 Å². The van der Waals surface area contributed by atoms with E-state index in [0.717, 1.165) is 18.5 Å². The predicted molar refractivity (Wildman–Crippen MR) is 70.6 cm³/mol. The molecule has 6 heteroatoms. The van der Waals surface area contributed by atoms with Crippen molar-refractivity contribution in [3.05, 3.63) is 18.0 Å². The number of aliphatic carboxylic acids is 1. The minimum absolute atomic E-state index is 0.232. The van der Waals surface area contributed by atoms with Gasteiger partial charge in [0.1, 0.15) is 6.04 Å². The number of carboxylic acid groups (broad SMARTS) is 1. The zero-order valence-corrected chi connectivity index (χ0v) is 11.4. The summed E-state index contributed by atoms with van der Waals surface area (Å²) in [6.07, 6.45) is 4.68. The van der Waals surface area contributed by atoms with Crippen LogP contribution >= 0.6 is 0 Å². The largest absolute Gasteiger partial charge is 0.480 e. The van der Waals surface area contributed by atoms with E-state index in [1.807, 2.05) is 20.0 Å². The number of rotatable bonds is 8. The highest BCUT2D eigenvalue weighted by Crippen LogP contribution is 2.04. The fourth-order valence-corrected chi connectivity index (χ4v) is 1.82. The Balaban J connectivity index is 2.40. The van der Waals surface area contributed by atoms with Gasteiger partial charge in [-0.25, -0.2) is 4.79 Å². The van der Waals surface area contributed by atoms with Gasteiger partial charge >= 0.3 is 5.97 Å². The van der Waals surface area contributed by atoms with Crippen molar-refractivity contribution in [2.24, 2.45) is 7.05 Å². The standard InChI is InChI=1S/C13H21N3O3/c1-3-4-5-11(13(18)19)15-12(17)7-6-10-8-9-14-16(10)2/h8-9,11H,3-7H2,1-2H3,(H,15,17)(H,18,19). The van der Waals surface area contributed by atoms with Crippen molar-refractivity contribution < 1.29 is 14.7 Å². The topological polar surface area (TPSA) is 84.2 Å². The Bertz CT molecular complexity index is 429. The third-order valence-electron chi connectivity index (χ3n) is 3.01. The van der Waals surface area contributed by atoms with E-state index >= 15 is 0 Å². The molecule has 0 bridgehead atoms. The molecule has 0 aliphatic carbocycles. The monoisotopic (exact) mass is 267 g/mol. The summed E-state index contributed by atoms with van der Waals surface area (Å²) in [5, 5.41) is 15.6. The van der Waals surface area contributed by atoms with E-state index in [0.29, 0.717) is 12.8 Å². The molecule has 0 radical (unpaired) electrons. The van der Waals surface area contributed by atoms with Crippen molar-refractivity contribution in [2.75, 3.05) is 0 Å². The van der Waals surface area contributed by atoms with Gasteiger partial charge in [-0.15, -0.1) is 0 Å². The molecule has 0 fully saturated rings. The molecule has 0 aliphatic heterocycles. The van der Waals surface area contributed by atoms with Crippen LogP contribution in [0.3, 0.4) is 0 Å². The maximum Gasteiger partial charge on any atom is 0.326 e. The van der Waals surface area contributed by atoms with E-state index < -0.39 is 12.0 Å². The summed E-state index contributed by atoms with van der Waals surface area (Å²) in [6, 6.07) is 1.07. The third kappa shape index (κ3) is 5.11. The number of nitrogens with zero attached hydrogens (tertiary/aromatic N) is 2. The van der Waals surface area contributed by atoms with Gasteiger partial charge < -0.3 is 10.4 Å². The first-order chi connectivity index (χ1) is 9.04. The van der Waals surface area contributed by atoms with Gasteiger partial charge in [0, 0.05) is 25.4 Å². The Morgan fingerprint density at radius 1 is 1.53 bits per heavy atom. The molecule has 1 amide bonds. The van der Waals surface area contributed by atoms with E-state index in [1.165, 1.54) is 0 Å². The molecule has 0 spiro atoms. The number of carbonyl (C=O) groups is 2. The summed E-state index contributed by atoms with van der Waals surface area (Å²) < 4.78 is 1.71. The SMILES string of the molecule is CCCCC(NC(=O)CCc1ccnn1C)C(=O)O. The predicted octanol–water partition coefficient (Wildman–Crippen LogP) is 1.11. The molecule has 19 heavy (non-hydrogen) atoms. The Morgan fingerprint density at radius 3 is 2.79 bits per heavy atom. The molecule has 0 saturated carbocycles. The van der Waals surface area contributed by atoms with Crippen LogP contribution in [0.15, 0.2) is 12.3 Å². The Labute approximate surface area is 112 Å². The summed E-state index contributed by atoms with van der Waals surface area (Å²) >= 11 is 0. The molecule has 1 heterocycles. The second-order valence-corrected chi connectivity index (χ2v) is 4.55. The van der Waals surface area contributed by atoms with E-state index in [-0.39, 0.29) is 12.3 Å². The van der Waals surface area contributed by atoms with Crippen LogP contribution in [0.2, 0.25) is 0 Å². The first-order valence-electron chi connectivity index (χ1n) is 6.53. The van der Waals surface area contributed by atoms with Crippen molar-refractivity contribution in [3.8, 4) is 0 Å². The van der Waals surface area contributed by atoms with Gasteiger partial charge in [0.15, 0.2) is 0 Å². The summed E-state index contributed by atoms with van der Waals surface area (Å²) in [6.45, 7) is 1.99. The lowest BCUT2D eigenvalue weighted by Gasteiger charge is -2.14. The number of amides is 1. The Morgan fingerprint density at radius 2 is 2.26 bits per heavy atom. The van der Waals surface area contributed by atoms with Crippen LogP contribution in [0.1, 0.15) is 38.3 Å². The van der Waals surface area contributed by atoms with Gasteiger partial charge in [-0.3, -0.25) is 9.48 Å². The van der Waals surface area contributed by atoms with Crippen LogP contribution in [-0.2, 0) is 23.1 Å². The smallest absolute Gasteiger partial charge is 0.326 e. The summed E-state index contributed by atoms with van der Waals surface area (Å²) in [4.78, 5) is 22.7. The molecule has 0 saturated heterocycles. The van der Waals surface area contributed by atoms with Crippen molar-refractivity contribution >= 4 is 11.9 Å². The second-order valence-electron chi connectivity index (χ2n) is 4.55. The second kappa shape index (κ2) is 7.56. The van der Waals surface area contributed by atoms with E-state index in [2.05, 4.69) is 10.4 Å². The minimum Gasteiger partial charge on any atom is -0.480 e. The van der Waals surface area contributed by atoms with E-state index in [4.69, 9.17) is 5.11 Å². The van der Waals surface area contributed by atoms with E-state index in [1.54, 1.807) is 10.9 Å². The molecule has 2 N–H and O–H groups in total. The molecule has 0 aromatic carbocycles. The number of carbonyl (C=O) groups excluding carboxylic acids is 1. The molecule has 1 rings (SSSR count). The average molecular weight is 267 g/mol. The van der Waals surface area contributed by atoms with Crippen LogP contribution in [0, 0.1) is 0 Å². The molecule has 1 unspecified atom stereocenters. The fraction of sp³-hybridized carbons (Fsp3) is 0.615. The van der Waals surface area contributed by atoms with Crippen LogP contribution < -0.4 is 5.32 Å². The molecular weight excluding hydrogens is 246 g/mol. The van der Waals surface area contributed by atoms with Crippen LogP contribution in [0.4, 0.5) is 0 Å². The highest BCUT2D eigenvalue weighted by atomic mass is 16.4. The van der Waals surface area contributed by atoms with Crippen molar-refractivity contribution in [3.63, 3.8) is 0 Å². The summed E-state index contributed by atoms with van der Waals surface area (Å²) in [7, 11) is 1.81. The van der Waals surface area contributed by atoms with Gasteiger partial charge in [-0.1, -0.05) is 19.8 Å². The average Bonchev–Trinajstić information content (AvgIpc) is 2.77. The number of nitrogens with one attached hydrogen (secondary N) is 1. The maximum absolute atomic E-state index is 11.7. The number of carboxylic acids is 1. The van der Waals surface area contributed by atoms with Crippen molar-refractivity contribution in [2.45, 2.75) is 45.1 Å². The quantitative estimate of drug-likeness (QED) is 0.739. The highest BCUT2D eigenvalue weighted by molar-refractivity contribution is 5.83. The number of aromatic nitrogens is 2. The number of aryl methyl sites for hydroxylation is 2. The highest BCUT2D eigenvalue weighted by Gasteiger charge is 2.19. The number of hydrogen-bond donors (Lipinski definition) is 2. The third-order valence-corrected chi connectivity index (χ3v) is 3.01. The molecule has 1 aromatic rings. The van der Waals surface area contributed by atoms with Crippen LogP contribution in [0.5, 0.6) is 0 Å². The summed E-state index contributed by atoms with van der Waals surface area (Å²) in [5.74, 6) is -1.20. The molecule has 6 nitrogen and oxygen atoms in total. The Kier molecular flexibility index (Phi) is 6.05. The zero-order chi connectivity index (χ0) is 14.3. The first-order valence-corrected chi connectivity index (χ1v) is 6.53. The van der Waals surface area contributed by atoms with E-state index in [9.17, 15) is 9.59 Å². The fourth-order valence-electron chi connectivity index (χ4n) is 1.82. The maximum atomic E-state index is 11.7. The van der Waals surface area contributed by atoms with Crippen molar-refractivity contribution in [1.82, 2.24) is 15.1 Å². The molecule has 106 valence electrons. The lowest BCUT2D eigenvalue weighted by molar-refractivity contribution is -0.142. The van der Waals surface area contributed by atoms with Crippen LogP contribution in [-0.4, -0.2) is 32.8 Å². The first kappa shape index (κ1) is 15.2. The van der Waals surface area contributed by atoms with Gasteiger partial charge in [0.05, 0.1) is 0 Å². The molecular formula is C13H21N3O3. The normalized spacial score (nSPS) is 12.1. The lowest BCUT2D eigenvalue weighted by Crippen LogP contribution is -2.40. The summed E-state index contributed by atoms with van der Waals surface area (Å²) in [5.41, 5.74) is 0.954. The molecule has 0 aliphatic rings. The van der Waals surface area contributed by atoms with Gasteiger partial charge in [-0.05, 0) is 18.9 Å². The number of unbranched alkanes of at least 4 members (excludes halogenated alkanes) is 1. The minimum atomic E-state index is -0.970. The Hall–Kier alpha value is -1.85. The lowest BCUT2D eigenvalue weighted by atomic mass is 10.1. The van der Waals surface area contributed by atoms with Crippen LogP contribution in [0.25, 0.3) is 0 Å². The molecule has 1 atom stereocenters. The number of hydrogen-bond acceptors (Lipinski definition) is 3. The molecule has 1 aromatic heterocycles. The van der Waals surface area contributed by atoms with Gasteiger partial charge in [0.25, 0.3) is 0 Å². The zero-order valence-electron chi connectivity index (χ0n) is 11.4.